The molecule has 0 aliphatic carbocycles. The van der Waals surface area contributed by atoms with E-state index in [4.69, 9.17) is 16.7 Å². The molecule has 0 bridgehead atoms. The second-order valence-electron chi connectivity index (χ2n) is 3.18. The molecule has 1 N–H and O–H groups in total. The monoisotopic (exact) mass is 226 g/mol. The summed E-state index contributed by atoms with van der Waals surface area (Å²) in [4.78, 5) is 27.2. The van der Waals surface area contributed by atoms with Gasteiger partial charge in [0.15, 0.2) is 0 Å². The van der Waals surface area contributed by atoms with Crippen molar-refractivity contribution in [3.05, 3.63) is 23.4 Å². The lowest BCUT2D eigenvalue weighted by molar-refractivity contribution is -0.139. The highest BCUT2D eigenvalue weighted by Gasteiger charge is 2.35. The fourth-order valence-corrected chi connectivity index (χ4v) is 1.65. The van der Waals surface area contributed by atoms with Gasteiger partial charge >= 0.3 is 5.97 Å². The molecule has 6 heteroatoms. The number of aliphatic imine (C=N–C) groups is 1. The third kappa shape index (κ3) is 1.78. The molecule has 0 saturated heterocycles. The van der Waals surface area contributed by atoms with Crippen LogP contribution in [-0.4, -0.2) is 33.8 Å². The van der Waals surface area contributed by atoms with Gasteiger partial charge in [0.2, 0.25) is 0 Å². The molecule has 0 aromatic heterocycles. The SMILES string of the molecule is O=C(O)CC1C(=O)N=C2C=CC(Cl)=CN21. The summed E-state index contributed by atoms with van der Waals surface area (Å²) in [5, 5.41) is 9.09. The van der Waals surface area contributed by atoms with Gasteiger partial charge in [-0.05, 0) is 12.2 Å². The molecular formula is C9H7ClN2O3. The number of amidine groups is 1. The van der Waals surface area contributed by atoms with Crippen LogP contribution in [0.4, 0.5) is 0 Å². The molecule has 0 aromatic carbocycles. The standard InChI is InChI=1S/C9H7ClN2O3/c10-5-1-2-7-11-9(15)6(3-8(13)14)12(7)4-5/h1-2,4,6H,3H2,(H,13,14). The van der Waals surface area contributed by atoms with E-state index in [0.29, 0.717) is 10.9 Å². The molecule has 0 aromatic rings. The lowest BCUT2D eigenvalue weighted by atomic mass is 10.2. The van der Waals surface area contributed by atoms with E-state index in [1.165, 1.54) is 11.1 Å². The number of hydrogen-bond acceptors (Lipinski definition) is 3. The van der Waals surface area contributed by atoms with Crippen molar-refractivity contribution in [2.24, 2.45) is 4.99 Å². The second kappa shape index (κ2) is 3.51. The largest absolute Gasteiger partial charge is 0.481 e. The first-order valence-electron chi connectivity index (χ1n) is 4.26. The fraction of sp³-hybridized carbons (Fsp3) is 0.222. The quantitative estimate of drug-likeness (QED) is 0.753. The Morgan fingerprint density at radius 1 is 1.60 bits per heavy atom. The minimum atomic E-state index is -1.04. The normalized spacial score (nSPS) is 23.7. The number of fused-ring (bicyclic) bond motifs is 1. The van der Waals surface area contributed by atoms with Crippen molar-refractivity contribution in [3.8, 4) is 0 Å². The minimum absolute atomic E-state index is 0.277. The highest BCUT2D eigenvalue weighted by molar-refractivity contribution is 6.32. The summed E-state index contributed by atoms with van der Waals surface area (Å²) in [6.45, 7) is 0. The van der Waals surface area contributed by atoms with Crippen molar-refractivity contribution in [1.82, 2.24) is 4.90 Å². The van der Waals surface area contributed by atoms with Gasteiger partial charge in [0.05, 0.1) is 11.5 Å². The number of carboxylic acids is 1. The molecule has 2 rings (SSSR count). The number of carbonyl (C=O) groups is 2. The smallest absolute Gasteiger partial charge is 0.306 e. The van der Waals surface area contributed by atoms with Gasteiger partial charge in [-0.25, -0.2) is 0 Å². The topological polar surface area (TPSA) is 70.0 Å². The number of halogens is 1. The van der Waals surface area contributed by atoms with Crippen molar-refractivity contribution in [2.75, 3.05) is 0 Å². The molecule has 0 radical (unpaired) electrons. The lowest BCUT2D eigenvalue weighted by Crippen LogP contribution is -2.36. The van der Waals surface area contributed by atoms with Crippen LogP contribution in [0.15, 0.2) is 28.4 Å². The summed E-state index contributed by atoms with van der Waals surface area (Å²) >= 11 is 5.75. The maximum Gasteiger partial charge on any atom is 0.306 e. The Kier molecular flexibility index (Phi) is 2.32. The Morgan fingerprint density at radius 2 is 2.33 bits per heavy atom. The summed E-state index contributed by atoms with van der Waals surface area (Å²) in [6.07, 6.45) is 4.43. The highest BCUT2D eigenvalue weighted by Crippen LogP contribution is 2.23. The molecule has 78 valence electrons. The number of hydrogen-bond donors (Lipinski definition) is 1. The van der Waals surface area contributed by atoms with Crippen LogP contribution in [-0.2, 0) is 9.59 Å². The van der Waals surface area contributed by atoms with Gasteiger partial charge in [-0.1, -0.05) is 11.6 Å². The first-order valence-corrected chi connectivity index (χ1v) is 4.64. The van der Waals surface area contributed by atoms with Gasteiger partial charge in [0.1, 0.15) is 11.9 Å². The van der Waals surface area contributed by atoms with Crippen molar-refractivity contribution in [2.45, 2.75) is 12.5 Å². The molecule has 0 fully saturated rings. The number of nitrogens with zero attached hydrogens (tertiary/aromatic N) is 2. The zero-order valence-corrected chi connectivity index (χ0v) is 8.31. The summed E-state index contributed by atoms with van der Waals surface area (Å²) < 4.78 is 0. The van der Waals surface area contributed by atoms with E-state index in [9.17, 15) is 9.59 Å². The molecule has 2 aliphatic heterocycles. The van der Waals surface area contributed by atoms with Crippen LogP contribution >= 0.6 is 11.6 Å². The minimum Gasteiger partial charge on any atom is -0.481 e. The van der Waals surface area contributed by atoms with Crippen LogP contribution in [0.25, 0.3) is 0 Å². The fourth-order valence-electron chi connectivity index (χ4n) is 1.48. The lowest BCUT2D eigenvalue weighted by Gasteiger charge is -2.22. The Labute approximate surface area is 90.3 Å². The van der Waals surface area contributed by atoms with Gasteiger partial charge in [-0.3, -0.25) is 9.59 Å². The molecule has 0 saturated carbocycles. The molecule has 0 spiro atoms. The number of rotatable bonds is 2. The first-order chi connectivity index (χ1) is 7.08. The van der Waals surface area contributed by atoms with Crippen molar-refractivity contribution in [1.29, 1.82) is 0 Å². The Bertz CT molecular complexity index is 425. The van der Waals surface area contributed by atoms with Crippen LogP contribution in [0, 0.1) is 0 Å². The van der Waals surface area contributed by atoms with E-state index in [1.54, 1.807) is 12.2 Å². The maximum absolute atomic E-state index is 11.4. The zero-order chi connectivity index (χ0) is 11.0. The first kappa shape index (κ1) is 9.92. The molecule has 1 amide bonds. The van der Waals surface area contributed by atoms with Gasteiger partial charge in [0, 0.05) is 6.20 Å². The van der Waals surface area contributed by atoms with E-state index < -0.39 is 17.9 Å². The molecule has 15 heavy (non-hydrogen) atoms. The van der Waals surface area contributed by atoms with E-state index in [1.807, 2.05) is 0 Å². The number of carbonyl (C=O) groups excluding carboxylic acids is 1. The average molecular weight is 227 g/mol. The third-order valence-corrected chi connectivity index (χ3v) is 2.36. The molecular weight excluding hydrogens is 220 g/mol. The van der Waals surface area contributed by atoms with Gasteiger partial charge in [-0.15, -0.1) is 0 Å². The Hall–Kier alpha value is -1.62. The van der Waals surface area contributed by atoms with Crippen LogP contribution in [0.5, 0.6) is 0 Å². The van der Waals surface area contributed by atoms with Crippen LogP contribution in [0.1, 0.15) is 6.42 Å². The molecule has 1 unspecified atom stereocenters. The molecule has 2 aliphatic rings. The van der Waals surface area contributed by atoms with Gasteiger partial charge < -0.3 is 10.0 Å². The Balaban J connectivity index is 2.27. The maximum atomic E-state index is 11.4. The molecule has 2 heterocycles. The highest BCUT2D eigenvalue weighted by atomic mass is 35.5. The second-order valence-corrected chi connectivity index (χ2v) is 3.61. The van der Waals surface area contributed by atoms with E-state index >= 15 is 0 Å². The summed E-state index contributed by atoms with van der Waals surface area (Å²) in [5.74, 6) is -1.04. The summed E-state index contributed by atoms with van der Waals surface area (Å²) in [5.41, 5.74) is 0. The number of allylic oxidation sites excluding steroid dienone is 2. The van der Waals surface area contributed by atoms with Crippen molar-refractivity contribution < 1.29 is 14.7 Å². The molecule has 5 nitrogen and oxygen atoms in total. The van der Waals surface area contributed by atoms with Crippen molar-refractivity contribution in [3.63, 3.8) is 0 Å². The number of aliphatic carboxylic acids is 1. The number of amides is 1. The predicted molar refractivity (Wildman–Crippen MR) is 53.4 cm³/mol. The van der Waals surface area contributed by atoms with E-state index in [2.05, 4.69) is 4.99 Å². The van der Waals surface area contributed by atoms with Crippen LogP contribution < -0.4 is 0 Å². The summed E-state index contributed by atoms with van der Waals surface area (Å²) in [7, 11) is 0. The van der Waals surface area contributed by atoms with E-state index in [-0.39, 0.29) is 6.42 Å². The predicted octanol–water partition coefficient (Wildman–Crippen LogP) is 0.720. The van der Waals surface area contributed by atoms with Gasteiger partial charge in [0.25, 0.3) is 5.91 Å². The number of carboxylic acid groups (broad SMARTS) is 1. The summed E-state index contributed by atoms with van der Waals surface area (Å²) in [6, 6.07) is -0.767. The Morgan fingerprint density at radius 3 is 3.00 bits per heavy atom. The van der Waals surface area contributed by atoms with Crippen molar-refractivity contribution >= 4 is 29.3 Å². The third-order valence-electron chi connectivity index (χ3n) is 2.13. The van der Waals surface area contributed by atoms with Gasteiger partial charge in [-0.2, -0.15) is 4.99 Å². The zero-order valence-electron chi connectivity index (χ0n) is 7.55. The van der Waals surface area contributed by atoms with Crippen LogP contribution in [0.3, 0.4) is 0 Å². The van der Waals surface area contributed by atoms with Crippen LogP contribution in [0.2, 0.25) is 0 Å². The molecule has 1 atom stereocenters. The van der Waals surface area contributed by atoms with E-state index in [0.717, 1.165) is 0 Å². The average Bonchev–Trinajstić information content (AvgIpc) is 2.43.